The molecule has 0 spiro atoms. The van der Waals surface area contributed by atoms with E-state index in [9.17, 15) is 0 Å². The molecule has 68 valence electrons. The summed E-state index contributed by atoms with van der Waals surface area (Å²) in [5.74, 6) is 2.30. The first-order valence-electron chi connectivity index (χ1n) is 4.11. The minimum absolute atomic E-state index is 0.530. The number of hydrogen-bond donors (Lipinski definition) is 1. The van der Waals surface area contributed by atoms with E-state index in [1.165, 1.54) is 5.69 Å². The van der Waals surface area contributed by atoms with Gasteiger partial charge in [0.05, 0.1) is 10.3 Å². The third-order valence-corrected chi connectivity index (χ3v) is 4.01. The molecule has 2 nitrogen and oxygen atoms in total. The summed E-state index contributed by atoms with van der Waals surface area (Å²) in [4.78, 5) is 0. The molecule has 0 aliphatic carbocycles. The average Bonchev–Trinajstić information content (AvgIpc) is 2.56. The molecule has 12 heavy (non-hydrogen) atoms. The van der Waals surface area contributed by atoms with E-state index >= 15 is 0 Å². The molecule has 0 aromatic carbocycles. The van der Waals surface area contributed by atoms with Crippen LogP contribution in [0.15, 0.2) is 12.3 Å². The quantitative estimate of drug-likeness (QED) is 0.744. The standard InChI is InChI=1S/C8H14N2S2/c1-3-11-8(12-4-2)7-5-6-9-10-7/h5-6,8H,3-4H2,1-2H3,(H,9,10). The zero-order chi connectivity index (χ0) is 8.81. The lowest BCUT2D eigenvalue weighted by Gasteiger charge is -2.11. The lowest BCUT2D eigenvalue weighted by Crippen LogP contribution is -1.91. The molecule has 0 radical (unpaired) electrons. The molecule has 1 N–H and O–H groups in total. The van der Waals surface area contributed by atoms with Crippen molar-refractivity contribution in [1.82, 2.24) is 10.2 Å². The number of H-pyrrole nitrogens is 1. The van der Waals surface area contributed by atoms with Gasteiger partial charge in [-0.3, -0.25) is 5.10 Å². The molecule has 1 aromatic heterocycles. The van der Waals surface area contributed by atoms with E-state index in [0.29, 0.717) is 4.58 Å². The van der Waals surface area contributed by atoms with Crippen LogP contribution in [0.3, 0.4) is 0 Å². The SMILES string of the molecule is CCSC(SCC)c1ccn[nH]1. The smallest absolute Gasteiger partial charge is 0.0916 e. The largest absolute Gasteiger partial charge is 0.281 e. The van der Waals surface area contributed by atoms with Crippen LogP contribution >= 0.6 is 23.5 Å². The zero-order valence-corrected chi connectivity index (χ0v) is 9.04. The first kappa shape index (κ1) is 9.99. The maximum atomic E-state index is 3.96. The van der Waals surface area contributed by atoms with Crippen LogP contribution in [-0.2, 0) is 0 Å². The lowest BCUT2D eigenvalue weighted by atomic mass is 10.5. The maximum Gasteiger partial charge on any atom is 0.0916 e. The van der Waals surface area contributed by atoms with E-state index in [-0.39, 0.29) is 0 Å². The summed E-state index contributed by atoms with van der Waals surface area (Å²) in [5.41, 5.74) is 1.23. The van der Waals surface area contributed by atoms with E-state index in [0.717, 1.165) is 11.5 Å². The van der Waals surface area contributed by atoms with Gasteiger partial charge in [0.1, 0.15) is 0 Å². The minimum atomic E-state index is 0.530. The van der Waals surface area contributed by atoms with Crippen LogP contribution in [0.25, 0.3) is 0 Å². The Bertz CT molecular complexity index is 193. The third-order valence-electron chi connectivity index (χ3n) is 1.41. The molecule has 1 heterocycles. The van der Waals surface area contributed by atoms with Crippen LogP contribution in [0.4, 0.5) is 0 Å². The molecule has 0 fully saturated rings. The van der Waals surface area contributed by atoms with Crippen LogP contribution in [0.1, 0.15) is 24.1 Å². The predicted molar refractivity (Wildman–Crippen MR) is 57.6 cm³/mol. The molecular formula is C8H14N2S2. The van der Waals surface area contributed by atoms with E-state index in [1.54, 1.807) is 0 Å². The topological polar surface area (TPSA) is 28.7 Å². The predicted octanol–water partition coefficient (Wildman–Crippen LogP) is 2.91. The normalized spacial score (nSPS) is 10.9. The maximum absolute atomic E-state index is 3.96. The number of hydrogen-bond acceptors (Lipinski definition) is 3. The minimum Gasteiger partial charge on any atom is -0.281 e. The van der Waals surface area contributed by atoms with Crippen molar-refractivity contribution in [3.05, 3.63) is 18.0 Å². The van der Waals surface area contributed by atoms with Gasteiger partial charge in [-0.15, -0.1) is 23.5 Å². The van der Waals surface area contributed by atoms with Crippen molar-refractivity contribution in [3.63, 3.8) is 0 Å². The van der Waals surface area contributed by atoms with Gasteiger partial charge in [-0.05, 0) is 17.6 Å². The van der Waals surface area contributed by atoms with Gasteiger partial charge in [0, 0.05) is 6.20 Å². The van der Waals surface area contributed by atoms with E-state index < -0.39 is 0 Å². The molecule has 0 unspecified atom stereocenters. The van der Waals surface area contributed by atoms with Gasteiger partial charge < -0.3 is 0 Å². The summed E-state index contributed by atoms with van der Waals surface area (Å²) in [5, 5.41) is 6.97. The number of nitrogens with one attached hydrogen (secondary N) is 1. The third kappa shape index (κ3) is 2.75. The molecule has 0 atom stereocenters. The summed E-state index contributed by atoms with van der Waals surface area (Å²) in [6.45, 7) is 4.37. The van der Waals surface area contributed by atoms with Crippen molar-refractivity contribution in [2.24, 2.45) is 0 Å². The van der Waals surface area contributed by atoms with Crippen LogP contribution in [0.2, 0.25) is 0 Å². The fourth-order valence-corrected chi connectivity index (χ4v) is 3.36. The number of aromatic amines is 1. The van der Waals surface area contributed by atoms with Crippen molar-refractivity contribution < 1.29 is 0 Å². The fourth-order valence-electron chi connectivity index (χ4n) is 0.928. The highest BCUT2D eigenvalue weighted by Gasteiger charge is 2.11. The molecule has 1 aromatic rings. The van der Waals surface area contributed by atoms with Gasteiger partial charge in [0.15, 0.2) is 0 Å². The molecule has 0 saturated heterocycles. The Morgan fingerprint density at radius 2 is 2.08 bits per heavy atom. The van der Waals surface area contributed by atoms with Gasteiger partial charge in [-0.1, -0.05) is 13.8 Å². The second kappa shape index (κ2) is 5.54. The molecule has 0 amide bonds. The highest BCUT2D eigenvalue weighted by molar-refractivity contribution is 8.16. The Labute approximate surface area is 81.9 Å². The number of thioether (sulfide) groups is 2. The van der Waals surface area contributed by atoms with Gasteiger partial charge >= 0.3 is 0 Å². The first-order chi connectivity index (χ1) is 5.88. The van der Waals surface area contributed by atoms with E-state index in [2.05, 4.69) is 30.1 Å². The van der Waals surface area contributed by atoms with E-state index in [4.69, 9.17) is 0 Å². The van der Waals surface area contributed by atoms with Crippen molar-refractivity contribution in [2.75, 3.05) is 11.5 Å². The Morgan fingerprint density at radius 1 is 1.42 bits per heavy atom. The fraction of sp³-hybridized carbons (Fsp3) is 0.625. The Kier molecular flexibility index (Phi) is 4.61. The van der Waals surface area contributed by atoms with Crippen molar-refractivity contribution in [3.8, 4) is 0 Å². The number of aromatic nitrogens is 2. The molecular weight excluding hydrogens is 188 g/mol. The summed E-state index contributed by atoms with van der Waals surface area (Å²) in [6.07, 6.45) is 1.81. The molecule has 1 rings (SSSR count). The lowest BCUT2D eigenvalue weighted by molar-refractivity contribution is 1.03. The van der Waals surface area contributed by atoms with Crippen LogP contribution in [0.5, 0.6) is 0 Å². The van der Waals surface area contributed by atoms with Gasteiger partial charge in [-0.25, -0.2) is 0 Å². The molecule has 0 aliphatic rings. The first-order valence-corrected chi connectivity index (χ1v) is 6.20. The van der Waals surface area contributed by atoms with Crippen molar-refractivity contribution >= 4 is 23.5 Å². The second-order valence-electron chi connectivity index (χ2n) is 2.25. The van der Waals surface area contributed by atoms with Gasteiger partial charge in [-0.2, -0.15) is 5.10 Å². The van der Waals surface area contributed by atoms with Crippen molar-refractivity contribution in [2.45, 2.75) is 18.4 Å². The summed E-state index contributed by atoms with van der Waals surface area (Å²) >= 11 is 3.90. The van der Waals surface area contributed by atoms with Crippen LogP contribution in [-0.4, -0.2) is 21.7 Å². The van der Waals surface area contributed by atoms with Crippen LogP contribution in [0, 0.1) is 0 Å². The Hall–Kier alpha value is -0.0900. The van der Waals surface area contributed by atoms with Gasteiger partial charge in [0.2, 0.25) is 0 Å². The zero-order valence-electron chi connectivity index (χ0n) is 7.41. The number of rotatable bonds is 5. The summed E-state index contributed by atoms with van der Waals surface area (Å²) < 4.78 is 0.530. The molecule has 0 saturated carbocycles. The Morgan fingerprint density at radius 3 is 2.50 bits per heavy atom. The summed E-state index contributed by atoms with van der Waals surface area (Å²) in [7, 11) is 0. The van der Waals surface area contributed by atoms with Crippen molar-refractivity contribution in [1.29, 1.82) is 0 Å². The van der Waals surface area contributed by atoms with Gasteiger partial charge in [0.25, 0.3) is 0 Å². The molecule has 4 heteroatoms. The highest BCUT2D eigenvalue weighted by Crippen LogP contribution is 2.37. The highest BCUT2D eigenvalue weighted by atomic mass is 32.2. The monoisotopic (exact) mass is 202 g/mol. The molecule has 0 aliphatic heterocycles. The van der Waals surface area contributed by atoms with Crippen LogP contribution < -0.4 is 0 Å². The summed E-state index contributed by atoms with van der Waals surface area (Å²) in [6, 6.07) is 2.05. The Balaban J connectivity index is 2.53. The second-order valence-corrected chi connectivity index (χ2v) is 5.32. The molecule has 0 bridgehead atoms. The number of nitrogens with zero attached hydrogens (tertiary/aromatic N) is 1. The average molecular weight is 202 g/mol. The van der Waals surface area contributed by atoms with E-state index in [1.807, 2.05) is 29.7 Å².